The molecule has 2 saturated heterocycles. The smallest absolute Gasteiger partial charge is 0.251 e. The second-order valence-electron chi connectivity index (χ2n) is 9.53. The average Bonchev–Trinajstić information content (AvgIpc) is 2.81. The number of amides is 1. The van der Waals surface area contributed by atoms with Gasteiger partial charge in [-0.1, -0.05) is 17.7 Å². The Morgan fingerprint density at radius 1 is 1.10 bits per heavy atom. The molecule has 1 aromatic rings. The van der Waals surface area contributed by atoms with Gasteiger partial charge in [0.1, 0.15) is 11.9 Å². The third-order valence-electron chi connectivity index (χ3n) is 7.20. The third kappa shape index (κ3) is 6.56. The van der Waals surface area contributed by atoms with Gasteiger partial charge in [0.05, 0.1) is 0 Å². The summed E-state index contributed by atoms with van der Waals surface area (Å²) in [6.45, 7) is 5.39. The van der Waals surface area contributed by atoms with E-state index in [1.54, 1.807) is 0 Å². The summed E-state index contributed by atoms with van der Waals surface area (Å²) < 4.78 is 6.27. The van der Waals surface area contributed by atoms with Gasteiger partial charge in [-0.15, -0.1) is 0 Å². The molecular weight excluding hydrogens is 386 g/mol. The Morgan fingerprint density at radius 2 is 1.90 bits per heavy atom. The minimum absolute atomic E-state index is 0.000977. The molecule has 0 bridgehead atoms. The topological polar surface area (TPSA) is 44.8 Å². The van der Waals surface area contributed by atoms with Gasteiger partial charge >= 0.3 is 0 Å². The van der Waals surface area contributed by atoms with E-state index in [0.717, 1.165) is 44.1 Å². The Bertz CT molecular complexity index is 747. The lowest BCUT2D eigenvalue weighted by molar-refractivity contribution is 0.0525. The van der Waals surface area contributed by atoms with E-state index in [-0.39, 0.29) is 12.0 Å². The van der Waals surface area contributed by atoms with Crippen LogP contribution in [0.3, 0.4) is 0 Å². The van der Waals surface area contributed by atoms with Crippen LogP contribution in [0, 0.1) is 0 Å². The van der Waals surface area contributed by atoms with Crippen molar-refractivity contribution in [3.63, 3.8) is 0 Å². The average molecular weight is 426 g/mol. The van der Waals surface area contributed by atoms with E-state index in [2.05, 4.69) is 28.2 Å². The number of nitrogens with one attached hydrogen (secondary N) is 1. The van der Waals surface area contributed by atoms with Gasteiger partial charge in [0.2, 0.25) is 0 Å². The summed E-state index contributed by atoms with van der Waals surface area (Å²) in [4.78, 5) is 17.7. The van der Waals surface area contributed by atoms with Gasteiger partial charge in [0, 0.05) is 31.2 Å². The van der Waals surface area contributed by atoms with Crippen molar-refractivity contribution in [2.24, 2.45) is 0 Å². The molecule has 0 atom stereocenters. The normalized spacial score (nSPS) is 22.2. The summed E-state index contributed by atoms with van der Waals surface area (Å²) >= 11 is 0. The molecule has 1 aliphatic carbocycles. The zero-order chi connectivity index (χ0) is 21.5. The van der Waals surface area contributed by atoms with Gasteiger partial charge in [0.25, 0.3) is 5.91 Å². The van der Waals surface area contributed by atoms with Gasteiger partial charge in [-0.3, -0.25) is 4.79 Å². The van der Waals surface area contributed by atoms with E-state index < -0.39 is 0 Å². The molecule has 2 aliphatic heterocycles. The fourth-order valence-corrected chi connectivity index (χ4v) is 5.19. The first-order valence-corrected chi connectivity index (χ1v) is 12.3. The summed E-state index contributed by atoms with van der Waals surface area (Å²) in [7, 11) is 2.22. The molecule has 170 valence electrons. The first-order chi connectivity index (χ1) is 15.2. The maximum atomic E-state index is 12.6. The molecule has 1 amide bonds. The van der Waals surface area contributed by atoms with Gasteiger partial charge < -0.3 is 19.9 Å². The largest absolute Gasteiger partial charge is 0.490 e. The zero-order valence-corrected chi connectivity index (χ0v) is 19.2. The molecule has 5 nitrogen and oxygen atoms in total. The number of allylic oxidation sites excluding steroid dienone is 1. The molecule has 0 aromatic heterocycles. The molecule has 5 heteroatoms. The molecule has 1 N–H and O–H groups in total. The third-order valence-corrected chi connectivity index (χ3v) is 7.20. The van der Waals surface area contributed by atoms with Crippen LogP contribution in [0.2, 0.25) is 0 Å². The van der Waals surface area contributed by atoms with Crippen molar-refractivity contribution in [2.45, 2.75) is 69.9 Å². The Kier molecular flexibility index (Phi) is 8.03. The number of ether oxygens (including phenoxy) is 1. The summed E-state index contributed by atoms with van der Waals surface area (Å²) in [5.74, 6) is 0.819. The second kappa shape index (κ2) is 11.1. The molecule has 2 heterocycles. The van der Waals surface area contributed by atoms with Crippen LogP contribution >= 0.6 is 0 Å². The summed E-state index contributed by atoms with van der Waals surface area (Å²) in [6.07, 6.45) is 13.3. The van der Waals surface area contributed by atoms with Crippen LogP contribution in [-0.2, 0) is 0 Å². The Morgan fingerprint density at radius 3 is 2.65 bits per heavy atom. The Labute approximate surface area is 187 Å². The fraction of sp³-hybridized carbons (Fsp3) is 0.654. The van der Waals surface area contributed by atoms with Crippen molar-refractivity contribution >= 4 is 5.91 Å². The van der Waals surface area contributed by atoms with E-state index in [1.165, 1.54) is 57.2 Å². The van der Waals surface area contributed by atoms with E-state index in [4.69, 9.17) is 4.74 Å². The molecule has 0 radical (unpaired) electrons. The van der Waals surface area contributed by atoms with Crippen molar-refractivity contribution in [3.8, 4) is 5.75 Å². The van der Waals surface area contributed by atoms with Crippen molar-refractivity contribution in [3.05, 3.63) is 41.5 Å². The summed E-state index contributed by atoms with van der Waals surface area (Å²) in [5.41, 5.74) is 2.19. The van der Waals surface area contributed by atoms with Crippen LogP contribution in [0.4, 0.5) is 0 Å². The van der Waals surface area contributed by atoms with E-state index in [9.17, 15) is 4.79 Å². The predicted octanol–water partition coefficient (Wildman–Crippen LogP) is 4.24. The number of carbonyl (C=O) groups excluding carboxylic acids is 1. The molecule has 3 aliphatic rings. The number of likely N-dealkylation sites (tertiary alicyclic amines) is 2. The van der Waals surface area contributed by atoms with Crippen LogP contribution in [0.25, 0.3) is 0 Å². The maximum absolute atomic E-state index is 12.6. The van der Waals surface area contributed by atoms with Crippen LogP contribution < -0.4 is 10.1 Å². The first-order valence-electron chi connectivity index (χ1n) is 12.3. The number of piperidine rings is 2. The standard InChI is InChI=1S/C26H39N3O2/c1-28-16-11-23(12-17-28)29-18-13-24(14-19-29)31-25-9-5-8-22(20-25)26(30)27-15-10-21-6-3-2-4-7-21/h5-6,8-9,20,23-24H,2-4,7,10-19H2,1H3,(H,27,30). The highest BCUT2D eigenvalue weighted by molar-refractivity contribution is 5.94. The lowest BCUT2D eigenvalue weighted by atomic mass is 9.97. The van der Waals surface area contributed by atoms with Crippen LogP contribution in [0.5, 0.6) is 5.75 Å². The lowest BCUT2D eigenvalue weighted by Crippen LogP contribution is -2.48. The molecular formula is C26H39N3O2. The Balaban J connectivity index is 1.21. The van der Waals surface area contributed by atoms with Crippen LogP contribution in [-0.4, -0.2) is 67.6 Å². The Hall–Kier alpha value is -1.85. The van der Waals surface area contributed by atoms with E-state index >= 15 is 0 Å². The van der Waals surface area contributed by atoms with Gasteiger partial charge in [-0.05, 0) is 96.1 Å². The molecule has 4 rings (SSSR count). The number of benzene rings is 1. The van der Waals surface area contributed by atoms with Crippen molar-refractivity contribution in [1.82, 2.24) is 15.1 Å². The SMILES string of the molecule is CN1CCC(N2CCC(Oc3cccc(C(=O)NCCC4=CCCCC4)c3)CC2)CC1. The molecule has 31 heavy (non-hydrogen) atoms. The monoisotopic (exact) mass is 425 g/mol. The zero-order valence-electron chi connectivity index (χ0n) is 19.2. The fourth-order valence-electron chi connectivity index (χ4n) is 5.19. The minimum Gasteiger partial charge on any atom is -0.490 e. The summed E-state index contributed by atoms with van der Waals surface area (Å²) in [5, 5.41) is 3.08. The number of nitrogens with zero attached hydrogens (tertiary/aromatic N) is 2. The molecule has 2 fully saturated rings. The number of hydrogen-bond acceptors (Lipinski definition) is 4. The number of hydrogen-bond donors (Lipinski definition) is 1. The van der Waals surface area contributed by atoms with Gasteiger partial charge in [-0.25, -0.2) is 0 Å². The minimum atomic E-state index is -0.000977. The molecule has 0 saturated carbocycles. The van der Waals surface area contributed by atoms with Crippen LogP contribution in [0.15, 0.2) is 35.9 Å². The quantitative estimate of drug-likeness (QED) is 0.664. The second-order valence-corrected chi connectivity index (χ2v) is 9.53. The van der Waals surface area contributed by atoms with Crippen molar-refractivity contribution in [2.75, 3.05) is 39.8 Å². The highest BCUT2D eigenvalue weighted by atomic mass is 16.5. The van der Waals surface area contributed by atoms with Crippen molar-refractivity contribution < 1.29 is 9.53 Å². The first kappa shape index (κ1) is 22.3. The number of rotatable bonds is 7. The molecule has 1 aromatic carbocycles. The van der Waals surface area contributed by atoms with Gasteiger partial charge in [-0.2, -0.15) is 0 Å². The van der Waals surface area contributed by atoms with E-state index in [1.807, 2.05) is 24.3 Å². The van der Waals surface area contributed by atoms with Gasteiger partial charge in [0.15, 0.2) is 0 Å². The lowest BCUT2D eigenvalue weighted by Gasteiger charge is -2.41. The number of carbonyl (C=O) groups is 1. The molecule has 0 unspecified atom stereocenters. The highest BCUT2D eigenvalue weighted by Gasteiger charge is 2.28. The van der Waals surface area contributed by atoms with E-state index in [0.29, 0.717) is 12.1 Å². The highest BCUT2D eigenvalue weighted by Crippen LogP contribution is 2.24. The molecule has 0 spiro atoms. The predicted molar refractivity (Wildman–Crippen MR) is 126 cm³/mol. The summed E-state index contributed by atoms with van der Waals surface area (Å²) in [6, 6.07) is 8.44. The maximum Gasteiger partial charge on any atom is 0.251 e. The van der Waals surface area contributed by atoms with Crippen LogP contribution in [0.1, 0.15) is 68.1 Å². The van der Waals surface area contributed by atoms with Crippen molar-refractivity contribution in [1.29, 1.82) is 0 Å².